The van der Waals surface area contributed by atoms with Crippen molar-refractivity contribution in [1.82, 2.24) is 9.47 Å². The molecule has 0 aromatic carbocycles. The maximum absolute atomic E-state index is 12.7. The van der Waals surface area contributed by atoms with Crippen LogP contribution in [-0.2, 0) is 22.3 Å². The second-order valence-electron chi connectivity index (χ2n) is 4.51. The number of aromatic nitrogens is 1. The molecule has 5 nitrogen and oxygen atoms in total. The van der Waals surface area contributed by atoms with Gasteiger partial charge in [0, 0.05) is 32.1 Å². The zero-order chi connectivity index (χ0) is 15.8. The summed E-state index contributed by atoms with van der Waals surface area (Å²) < 4.78 is 38.7. The monoisotopic (exact) mass is 322 g/mol. The largest absolute Gasteiger partial charge is 0.417 e. The Balaban J connectivity index is 2.24. The van der Waals surface area contributed by atoms with Crippen LogP contribution in [0.4, 0.5) is 13.2 Å². The third-order valence-electron chi connectivity index (χ3n) is 3.09. The minimum atomic E-state index is -4.64. The van der Waals surface area contributed by atoms with Crippen LogP contribution >= 0.6 is 11.6 Å². The zero-order valence-corrected chi connectivity index (χ0v) is 11.4. The van der Waals surface area contributed by atoms with Gasteiger partial charge in [-0.2, -0.15) is 13.2 Å². The first-order valence-electron chi connectivity index (χ1n) is 6.00. The Morgan fingerprint density at radius 1 is 1.10 bits per heavy atom. The van der Waals surface area contributed by atoms with Gasteiger partial charge in [-0.1, -0.05) is 11.6 Å². The summed E-state index contributed by atoms with van der Waals surface area (Å²) in [5.74, 6) is -0.794. The summed E-state index contributed by atoms with van der Waals surface area (Å²) in [4.78, 5) is 35.4. The van der Waals surface area contributed by atoms with Crippen molar-refractivity contribution in [2.24, 2.45) is 0 Å². The van der Waals surface area contributed by atoms with Crippen LogP contribution in [0.5, 0.6) is 0 Å². The Hall–Kier alpha value is -1.83. The van der Waals surface area contributed by atoms with E-state index in [1.807, 2.05) is 0 Å². The molecule has 0 radical (unpaired) electrons. The van der Waals surface area contributed by atoms with Crippen LogP contribution in [0.2, 0.25) is 5.02 Å². The van der Waals surface area contributed by atoms with Crippen molar-refractivity contribution in [3.8, 4) is 0 Å². The number of carbonyl (C=O) groups excluding carboxylic acids is 2. The lowest BCUT2D eigenvalue weighted by atomic mass is 10.2. The predicted molar refractivity (Wildman–Crippen MR) is 66.7 cm³/mol. The number of hydrogen-bond donors (Lipinski definition) is 0. The van der Waals surface area contributed by atoms with Crippen LogP contribution in [-0.4, -0.2) is 27.8 Å². The van der Waals surface area contributed by atoms with Gasteiger partial charge in [-0.25, -0.2) is 0 Å². The smallest absolute Gasteiger partial charge is 0.312 e. The minimum Gasteiger partial charge on any atom is -0.312 e. The van der Waals surface area contributed by atoms with Gasteiger partial charge in [0.2, 0.25) is 11.8 Å². The summed E-state index contributed by atoms with van der Waals surface area (Å²) in [6.45, 7) is -0.394. The molecule has 9 heteroatoms. The molecule has 1 aliphatic heterocycles. The number of pyridine rings is 1. The lowest BCUT2D eigenvalue weighted by Gasteiger charge is -2.16. The van der Waals surface area contributed by atoms with Gasteiger partial charge < -0.3 is 4.57 Å². The highest BCUT2D eigenvalue weighted by Crippen LogP contribution is 2.29. The standard InChI is InChI=1S/C12H10ClF3N2O3/c13-8-5-7(12(14,15)16)6-17(11(8)21)3-4-18-9(19)1-2-10(18)20/h5-6H,1-4H2. The summed E-state index contributed by atoms with van der Waals surface area (Å²) >= 11 is 5.50. The topological polar surface area (TPSA) is 59.4 Å². The second kappa shape index (κ2) is 5.51. The molecule has 1 aliphatic rings. The first-order valence-corrected chi connectivity index (χ1v) is 6.38. The quantitative estimate of drug-likeness (QED) is 0.795. The van der Waals surface area contributed by atoms with Crippen molar-refractivity contribution < 1.29 is 22.8 Å². The lowest BCUT2D eigenvalue weighted by molar-refractivity contribution is -0.140. The average Bonchev–Trinajstić information content (AvgIpc) is 2.70. The van der Waals surface area contributed by atoms with E-state index < -0.39 is 34.1 Å². The van der Waals surface area contributed by atoms with E-state index in [-0.39, 0.29) is 25.9 Å². The van der Waals surface area contributed by atoms with Crippen molar-refractivity contribution in [3.63, 3.8) is 0 Å². The van der Waals surface area contributed by atoms with Gasteiger partial charge in [0.15, 0.2) is 0 Å². The van der Waals surface area contributed by atoms with Gasteiger partial charge >= 0.3 is 6.18 Å². The number of carbonyl (C=O) groups is 2. The SMILES string of the molecule is O=C1CCC(=O)N1CCn1cc(C(F)(F)F)cc(Cl)c1=O. The molecule has 114 valence electrons. The van der Waals surface area contributed by atoms with Gasteiger partial charge in [0.05, 0.1) is 5.56 Å². The van der Waals surface area contributed by atoms with E-state index in [9.17, 15) is 27.6 Å². The number of nitrogens with zero attached hydrogens (tertiary/aromatic N) is 2. The number of imide groups is 1. The summed E-state index contributed by atoms with van der Waals surface area (Å²) in [5.41, 5.74) is -1.87. The normalized spacial score (nSPS) is 15.9. The van der Waals surface area contributed by atoms with Crippen LogP contribution in [0.1, 0.15) is 18.4 Å². The van der Waals surface area contributed by atoms with Crippen LogP contribution in [0.3, 0.4) is 0 Å². The number of halogens is 4. The summed E-state index contributed by atoms with van der Waals surface area (Å²) in [7, 11) is 0. The number of alkyl halides is 3. The van der Waals surface area contributed by atoms with Gasteiger partial charge in [0.1, 0.15) is 5.02 Å². The van der Waals surface area contributed by atoms with Gasteiger partial charge in [-0.3, -0.25) is 19.3 Å². The maximum Gasteiger partial charge on any atom is 0.417 e. The molecule has 1 aromatic rings. The van der Waals surface area contributed by atoms with Gasteiger partial charge in [-0.15, -0.1) is 0 Å². The number of likely N-dealkylation sites (tertiary alicyclic amines) is 1. The van der Waals surface area contributed by atoms with Crippen LogP contribution in [0.25, 0.3) is 0 Å². The van der Waals surface area contributed by atoms with E-state index >= 15 is 0 Å². The Morgan fingerprint density at radius 2 is 1.67 bits per heavy atom. The zero-order valence-electron chi connectivity index (χ0n) is 10.6. The lowest BCUT2D eigenvalue weighted by Crippen LogP contribution is -2.35. The van der Waals surface area contributed by atoms with Crippen molar-refractivity contribution in [3.05, 3.63) is 33.2 Å². The highest BCUT2D eigenvalue weighted by atomic mass is 35.5. The Labute approximate surface area is 121 Å². The highest BCUT2D eigenvalue weighted by Gasteiger charge is 2.32. The second-order valence-corrected chi connectivity index (χ2v) is 4.92. The van der Waals surface area contributed by atoms with E-state index in [1.165, 1.54) is 0 Å². The van der Waals surface area contributed by atoms with Crippen molar-refractivity contribution >= 4 is 23.4 Å². The number of amides is 2. The molecular formula is C12H10ClF3N2O3. The van der Waals surface area contributed by atoms with Gasteiger partial charge in [0.25, 0.3) is 5.56 Å². The first kappa shape index (κ1) is 15.6. The van der Waals surface area contributed by atoms with Crippen molar-refractivity contribution in [1.29, 1.82) is 0 Å². The van der Waals surface area contributed by atoms with Crippen LogP contribution in [0, 0.1) is 0 Å². The summed E-state index contributed by atoms with van der Waals surface area (Å²) in [6.07, 6.45) is -3.86. The van der Waals surface area contributed by atoms with E-state index in [0.29, 0.717) is 12.3 Å². The van der Waals surface area contributed by atoms with Crippen LogP contribution < -0.4 is 5.56 Å². The number of rotatable bonds is 3. The Morgan fingerprint density at radius 3 is 2.19 bits per heavy atom. The first-order chi connectivity index (χ1) is 9.70. The third-order valence-corrected chi connectivity index (χ3v) is 3.36. The Kier molecular flexibility index (Phi) is 4.08. The van der Waals surface area contributed by atoms with Crippen molar-refractivity contribution in [2.45, 2.75) is 25.6 Å². The fourth-order valence-electron chi connectivity index (χ4n) is 2.00. The predicted octanol–water partition coefficient (Wildman–Crippen LogP) is 1.67. The van der Waals surface area contributed by atoms with Gasteiger partial charge in [-0.05, 0) is 6.07 Å². The third kappa shape index (κ3) is 3.26. The van der Waals surface area contributed by atoms with Crippen molar-refractivity contribution in [2.75, 3.05) is 6.54 Å². The molecule has 0 spiro atoms. The highest BCUT2D eigenvalue weighted by molar-refractivity contribution is 6.30. The Bertz CT molecular complexity index is 638. The molecular weight excluding hydrogens is 313 g/mol. The molecule has 0 bridgehead atoms. The number of hydrogen-bond acceptors (Lipinski definition) is 3. The molecule has 1 aromatic heterocycles. The average molecular weight is 323 g/mol. The molecule has 0 aliphatic carbocycles. The van der Waals surface area contributed by atoms with E-state index in [4.69, 9.17) is 11.6 Å². The molecule has 0 saturated carbocycles. The van der Waals surface area contributed by atoms with E-state index in [1.54, 1.807) is 0 Å². The maximum atomic E-state index is 12.7. The molecule has 1 fully saturated rings. The molecule has 0 N–H and O–H groups in total. The van der Waals surface area contributed by atoms with E-state index in [0.717, 1.165) is 9.47 Å². The molecule has 2 rings (SSSR count). The minimum absolute atomic E-state index is 0.0804. The summed E-state index contributed by atoms with van der Waals surface area (Å²) in [6, 6.07) is 0.548. The van der Waals surface area contributed by atoms with E-state index in [2.05, 4.69) is 0 Å². The fraction of sp³-hybridized carbons (Fsp3) is 0.417. The fourth-order valence-corrected chi connectivity index (χ4v) is 2.23. The summed E-state index contributed by atoms with van der Waals surface area (Å²) in [5, 5.41) is -0.566. The molecule has 2 amide bonds. The molecule has 0 atom stereocenters. The molecule has 1 saturated heterocycles. The molecule has 0 unspecified atom stereocenters. The van der Waals surface area contributed by atoms with Crippen LogP contribution in [0.15, 0.2) is 17.1 Å². The molecule has 21 heavy (non-hydrogen) atoms. The molecule has 2 heterocycles.